The molecule has 24 heavy (non-hydrogen) atoms. The average molecular weight is 438 g/mol. The number of nitrogens with zero attached hydrogens (tertiary/aromatic N) is 2. The number of carbonyl (C=O) groups is 1. The highest BCUT2D eigenvalue weighted by Gasteiger charge is 2.16. The van der Waals surface area contributed by atoms with Crippen molar-refractivity contribution in [1.82, 2.24) is 4.57 Å². The number of hydrogen-bond donors (Lipinski definition) is 0. The van der Waals surface area contributed by atoms with Crippen LogP contribution in [0.15, 0.2) is 35.8 Å². The zero-order chi connectivity index (χ0) is 17.4. The summed E-state index contributed by atoms with van der Waals surface area (Å²) in [5.74, 6) is -0.463. The molecule has 3 nitrogen and oxygen atoms in total. The molecule has 0 aliphatic rings. The van der Waals surface area contributed by atoms with E-state index in [0.29, 0.717) is 30.1 Å². The van der Waals surface area contributed by atoms with Crippen LogP contribution >= 0.6 is 69.1 Å². The fraction of sp³-hybridized carbons (Fsp3) is 0.0667. The third kappa shape index (κ3) is 3.43. The first-order valence-electron chi connectivity index (χ1n) is 6.54. The number of fused-ring (bicyclic) bond motifs is 1. The molecule has 0 saturated carbocycles. The highest BCUT2D eigenvalue weighted by Crippen LogP contribution is 2.32. The lowest BCUT2D eigenvalue weighted by Gasteiger charge is -2.03. The fourth-order valence-electron chi connectivity index (χ4n) is 2.15. The van der Waals surface area contributed by atoms with E-state index in [1.54, 1.807) is 18.2 Å². The van der Waals surface area contributed by atoms with Crippen LogP contribution in [0.5, 0.6) is 0 Å². The molecule has 3 aromatic rings. The molecular formula is C15H8Cl4N2OS2. The van der Waals surface area contributed by atoms with Gasteiger partial charge in [-0.25, -0.2) is 0 Å². The van der Waals surface area contributed by atoms with E-state index in [2.05, 4.69) is 11.6 Å². The van der Waals surface area contributed by atoms with E-state index >= 15 is 0 Å². The van der Waals surface area contributed by atoms with Crippen molar-refractivity contribution in [1.29, 1.82) is 0 Å². The summed E-state index contributed by atoms with van der Waals surface area (Å²) >= 11 is 26.7. The molecule has 0 saturated heterocycles. The topological polar surface area (TPSA) is 34.4 Å². The number of hydrogen-bond acceptors (Lipinski definition) is 3. The third-order valence-corrected chi connectivity index (χ3v) is 6.11. The van der Waals surface area contributed by atoms with Crippen LogP contribution in [0.1, 0.15) is 10.4 Å². The summed E-state index contributed by atoms with van der Waals surface area (Å²) in [6, 6.07) is 4.94. The Morgan fingerprint density at radius 3 is 2.58 bits per heavy atom. The van der Waals surface area contributed by atoms with Crippen LogP contribution in [-0.2, 0) is 6.54 Å². The van der Waals surface area contributed by atoms with E-state index in [9.17, 15) is 4.79 Å². The molecule has 0 radical (unpaired) electrons. The highest BCUT2D eigenvalue weighted by atomic mass is 35.5. The quantitative estimate of drug-likeness (QED) is 0.442. The third-order valence-electron chi connectivity index (χ3n) is 3.09. The number of rotatable bonds is 3. The van der Waals surface area contributed by atoms with Gasteiger partial charge in [-0.2, -0.15) is 4.99 Å². The summed E-state index contributed by atoms with van der Waals surface area (Å²) in [6.45, 7) is 4.19. The Labute approximate surface area is 165 Å². The molecule has 9 heteroatoms. The van der Waals surface area contributed by atoms with Crippen LogP contribution in [0.4, 0.5) is 0 Å². The number of amides is 1. The van der Waals surface area contributed by atoms with E-state index in [1.165, 1.54) is 17.4 Å². The van der Waals surface area contributed by atoms with Crippen molar-refractivity contribution in [2.75, 3.05) is 0 Å². The number of thiophene rings is 1. The Kier molecular flexibility index (Phi) is 5.39. The summed E-state index contributed by atoms with van der Waals surface area (Å²) in [5, 5.41) is 1.01. The molecule has 0 atom stereocenters. The maximum absolute atomic E-state index is 12.4. The molecule has 0 aliphatic carbocycles. The van der Waals surface area contributed by atoms with E-state index in [-0.39, 0.29) is 5.56 Å². The molecular weight excluding hydrogens is 430 g/mol. The Morgan fingerprint density at radius 2 is 1.96 bits per heavy atom. The Hall–Kier alpha value is -0.820. The van der Waals surface area contributed by atoms with Gasteiger partial charge in [-0.1, -0.05) is 63.8 Å². The molecule has 2 aromatic heterocycles. The minimum atomic E-state index is -0.463. The van der Waals surface area contributed by atoms with Crippen LogP contribution in [0.2, 0.25) is 18.7 Å². The summed E-state index contributed by atoms with van der Waals surface area (Å²) in [6.07, 6.45) is 1.70. The average Bonchev–Trinajstić information content (AvgIpc) is 2.99. The molecule has 0 N–H and O–H groups in total. The van der Waals surface area contributed by atoms with Gasteiger partial charge in [0.05, 0.1) is 25.1 Å². The molecule has 2 heterocycles. The summed E-state index contributed by atoms with van der Waals surface area (Å²) in [7, 11) is 0. The van der Waals surface area contributed by atoms with Crippen LogP contribution in [-0.4, -0.2) is 10.5 Å². The van der Waals surface area contributed by atoms with Crippen LogP contribution < -0.4 is 4.80 Å². The first-order chi connectivity index (χ1) is 11.4. The number of benzene rings is 1. The monoisotopic (exact) mass is 436 g/mol. The molecule has 0 aliphatic heterocycles. The SMILES string of the molecule is C=CCn1c(=NC(=O)c2cc(Cl)sc2Cl)sc2cc(Cl)cc(Cl)c21. The van der Waals surface area contributed by atoms with E-state index < -0.39 is 5.91 Å². The second kappa shape index (κ2) is 7.20. The summed E-state index contributed by atoms with van der Waals surface area (Å²) < 4.78 is 3.39. The molecule has 0 unspecified atom stereocenters. The lowest BCUT2D eigenvalue weighted by molar-refractivity contribution is 0.0998. The summed E-state index contributed by atoms with van der Waals surface area (Å²) in [4.78, 5) is 17.1. The molecule has 3 rings (SSSR count). The van der Waals surface area contributed by atoms with Crippen molar-refractivity contribution in [3.63, 3.8) is 0 Å². The molecule has 0 spiro atoms. The van der Waals surface area contributed by atoms with Crippen LogP contribution in [0, 0.1) is 0 Å². The Bertz CT molecular complexity index is 1030. The van der Waals surface area contributed by atoms with Gasteiger partial charge < -0.3 is 4.57 Å². The minimum absolute atomic E-state index is 0.276. The van der Waals surface area contributed by atoms with Crippen LogP contribution in [0.25, 0.3) is 10.2 Å². The van der Waals surface area contributed by atoms with Gasteiger partial charge in [0.15, 0.2) is 4.80 Å². The van der Waals surface area contributed by atoms with Crippen molar-refractivity contribution in [2.45, 2.75) is 6.54 Å². The van der Waals surface area contributed by atoms with Crippen molar-refractivity contribution in [3.8, 4) is 0 Å². The first-order valence-corrected chi connectivity index (χ1v) is 9.68. The fourth-order valence-corrected chi connectivity index (χ4v) is 5.41. The van der Waals surface area contributed by atoms with Gasteiger partial charge in [0.25, 0.3) is 5.91 Å². The maximum atomic E-state index is 12.4. The Balaban J connectivity index is 2.23. The van der Waals surface area contributed by atoms with Gasteiger partial charge in [-0.3, -0.25) is 4.79 Å². The predicted octanol–water partition coefficient (Wildman–Crippen LogP) is 6.31. The van der Waals surface area contributed by atoms with Crippen molar-refractivity contribution >= 4 is 85.2 Å². The van der Waals surface area contributed by atoms with Crippen molar-refractivity contribution < 1.29 is 4.79 Å². The second-order valence-electron chi connectivity index (χ2n) is 4.67. The number of carbonyl (C=O) groups excluding carboxylic acids is 1. The zero-order valence-electron chi connectivity index (χ0n) is 11.9. The second-order valence-corrected chi connectivity index (χ2v) is 8.81. The maximum Gasteiger partial charge on any atom is 0.282 e. The van der Waals surface area contributed by atoms with Gasteiger partial charge in [-0.05, 0) is 18.2 Å². The lowest BCUT2D eigenvalue weighted by atomic mass is 10.3. The molecule has 0 fully saturated rings. The highest BCUT2D eigenvalue weighted by molar-refractivity contribution is 7.20. The standard InChI is InChI=1S/C15H8Cl4N2OS2/c1-2-3-21-12-9(17)4-7(16)5-10(12)23-15(21)20-14(22)8-6-11(18)24-13(8)19/h2,4-6H,1,3H2. The van der Waals surface area contributed by atoms with Gasteiger partial charge in [0, 0.05) is 11.6 Å². The number of allylic oxidation sites excluding steroid dienone is 1. The van der Waals surface area contributed by atoms with Gasteiger partial charge in [0.1, 0.15) is 4.34 Å². The lowest BCUT2D eigenvalue weighted by Crippen LogP contribution is -2.16. The zero-order valence-corrected chi connectivity index (χ0v) is 16.5. The van der Waals surface area contributed by atoms with Gasteiger partial charge in [0.2, 0.25) is 0 Å². The predicted molar refractivity (Wildman–Crippen MR) is 104 cm³/mol. The summed E-state index contributed by atoms with van der Waals surface area (Å²) in [5.41, 5.74) is 1.03. The number of halogens is 4. The van der Waals surface area contributed by atoms with Gasteiger partial charge >= 0.3 is 0 Å². The largest absolute Gasteiger partial charge is 0.311 e. The van der Waals surface area contributed by atoms with Crippen molar-refractivity contribution in [3.05, 3.63) is 59.9 Å². The van der Waals surface area contributed by atoms with E-state index in [4.69, 9.17) is 46.4 Å². The Morgan fingerprint density at radius 1 is 1.21 bits per heavy atom. The molecule has 0 bridgehead atoms. The van der Waals surface area contributed by atoms with Crippen LogP contribution in [0.3, 0.4) is 0 Å². The molecule has 1 amide bonds. The van der Waals surface area contributed by atoms with Crippen molar-refractivity contribution in [2.24, 2.45) is 4.99 Å². The van der Waals surface area contributed by atoms with Gasteiger partial charge in [-0.15, -0.1) is 17.9 Å². The normalized spacial score (nSPS) is 12.1. The van der Waals surface area contributed by atoms with E-state index in [0.717, 1.165) is 21.6 Å². The van der Waals surface area contributed by atoms with E-state index in [1.807, 2.05) is 4.57 Å². The number of thiazole rings is 1. The first kappa shape index (κ1) is 18.0. The molecule has 124 valence electrons. The number of aromatic nitrogens is 1. The smallest absolute Gasteiger partial charge is 0.282 e. The molecule has 1 aromatic carbocycles. The minimum Gasteiger partial charge on any atom is -0.311 e.